The van der Waals surface area contributed by atoms with Gasteiger partial charge in [-0.1, -0.05) is 60.3 Å². The number of carbonyl (C=O) groups excluding carboxylic acids is 1. The number of ether oxygens (including phenoxy) is 2. The second-order valence-electron chi connectivity index (χ2n) is 13.5. The molecule has 5 fully saturated rings. The van der Waals surface area contributed by atoms with Crippen molar-refractivity contribution in [2.24, 2.45) is 17.8 Å². The van der Waals surface area contributed by atoms with Gasteiger partial charge in [-0.25, -0.2) is 9.78 Å². The first-order chi connectivity index (χ1) is 22.0. The minimum Gasteiger partial charge on any atom is -0.392 e. The number of thiazole rings is 1. The van der Waals surface area contributed by atoms with Crippen molar-refractivity contribution in [3.05, 3.63) is 89.5 Å². The van der Waals surface area contributed by atoms with Crippen molar-refractivity contribution < 1.29 is 19.4 Å². The summed E-state index contributed by atoms with van der Waals surface area (Å²) >= 11 is 3.43. The average molecular weight is 642 g/mol. The molecule has 3 aromatic carbocycles. The maximum absolute atomic E-state index is 13.1. The van der Waals surface area contributed by atoms with E-state index in [-0.39, 0.29) is 30.4 Å². The Morgan fingerprint density at radius 3 is 2.27 bits per heavy atom. The molecule has 1 saturated heterocycles. The van der Waals surface area contributed by atoms with Crippen LogP contribution in [0, 0.1) is 17.8 Å². The van der Waals surface area contributed by atoms with Gasteiger partial charge in [-0.05, 0) is 91.7 Å². The molecule has 4 aromatic rings. The van der Waals surface area contributed by atoms with Crippen molar-refractivity contribution in [1.29, 1.82) is 0 Å². The lowest BCUT2D eigenvalue weighted by Gasteiger charge is -2.56. The van der Waals surface area contributed by atoms with E-state index in [1.54, 1.807) is 23.1 Å². The van der Waals surface area contributed by atoms with Gasteiger partial charge in [-0.15, -0.1) is 11.3 Å². The smallest absolute Gasteiger partial charge is 0.319 e. The van der Waals surface area contributed by atoms with E-state index in [0.29, 0.717) is 0 Å². The van der Waals surface area contributed by atoms with Crippen LogP contribution in [0.4, 0.5) is 10.5 Å². The van der Waals surface area contributed by atoms with Gasteiger partial charge in [0.25, 0.3) is 0 Å². The molecule has 4 saturated carbocycles. The van der Waals surface area contributed by atoms with Crippen LogP contribution in [0.25, 0.3) is 10.2 Å². The first kappa shape index (κ1) is 29.5. The molecule has 7 nitrogen and oxygen atoms in total. The third-order valence-electron chi connectivity index (χ3n) is 10.1. The van der Waals surface area contributed by atoms with E-state index in [0.717, 1.165) is 81.4 Å². The van der Waals surface area contributed by atoms with Crippen LogP contribution in [0.5, 0.6) is 0 Å². The van der Waals surface area contributed by atoms with Crippen molar-refractivity contribution in [2.75, 3.05) is 11.1 Å². The van der Waals surface area contributed by atoms with Crippen LogP contribution < -0.4 is 10.6 Å². The number of aliphatic hydroxyl groups excluding tert-OH is 1. The number of hydrogen-bond donors (Lipinski definition) is 3. The average Bonchev–Trinajstić information content (AvgIpc) is 3.46. The largest absolute Gasteiger partial charge is 0.392 e. The molecule has 5 aliphatic rings. The number of para-hydroxylation sites is 1. The highest BCUT2D eigenvalue weighted by Crippen LogP contribution is 2.55. The zero-order chi connectivity index (χ0) is 30.4. The maximum Gasteiger partial charge on any atom is 0.319 e. The fourth-order valence-corrected chi connectivity index (χ4v) is 10.6. The summed E-state index contributed by atoms with van der Waals surface area (Å²) in [5.41, 5.74) is 4.61. The van der Waals surface area contributed by atoms with Crippen LogP contribution in [0.3, 0.4) is 0 Å². The Kier molecular flexibility index (Phi) is 8.08. The summed E-state index contributed by atoms with van der Waals surface area (Å²) in [7, 11) is 0. The predicted octanol–water partition coefficient (Wildman–Crippen LogP) is 8.22. The van der Waals surface area contributed by atoms with Crippen molar-refractivity contribution in [3.63, 3.8) is 0 Å². The fourth-order valence-electron chi connectivity index (χ4n) is 8.49. The number of rotatable bonds is 8. The number of carbonyl (C=O) groups is 1. The topological polar surface area (TPSA) is 92.7 Å². The van der Waals surface area contributed by atoms with Crippen molar-refractivity contribution >= 4 is 45.0 Å². The number of aliphatic hydroxyl groups is 1. The molecule has 45 heavy (non-hydrogen) atoms. The lowest BCUT2D eigenvalue weighted by molar-refractivity contribution is -0.245. The Morgan fingerprint density at radius 1 is 0.889 bits per heavy atom. The molecule has 234 valence electrons. The number of nitrogens with one attached hydrogen (secondary N) is 2. The second kappa shape index (κ2) is 12.3. The van der Waals surface area contributed by atoms with Crippen LogP contribution in [0.1, 0.15) is 74.0 Å². The van der Waals surface area contributed by atoms with E-state index in [1.807, 2.05) is 66.7 Å². The van der Waals surface area contributed by atoms with Gasteiger partial charge < -0.3 is 25.2 Å². The number of urea groups is 1. The van der Waals surface area contributed by atoms with Crippen LogP contribution >= 0.6 is 23.1 Å². The first-order valence-electron chi connectivity index (χ1n) is 16.2. The number of benzene rings is 3. The molecule has 1 aliphatic heterocycles. The van der Waals surface area contributed by atoms with Gasteiger partial charge in [0.1, 0.15) is 0 Å². The summed E-state index contributed by atoms with van der Waals surface area (Å²) in [6.07, 6.45) is 7.42. The van der Waals surface area contributed by atoms with Gasteiger partial charge >= 0.3 is 6.03 Å². The standard InChI is InChI=1S/C36H39N3O4S2/c40-20-22-5-7-26(8-6-22)31-16-29(21-44-35-38-30-3-1-2-4-32(30)45-35)42-33(43-31)27-9-11-28(12-10-27)37-34(41)39-36-17-23-13-24(18-36)15-25(14-23)19-36/h1-12,23-25,29,31,33,40H,13-21H2,(H2,37,39,41)/t23?,24?,25?,29-,31+,33+,36?/m1/s1. The van der Waals surface area contributed by atoms with E-state index in [4.69, 9.17) is 14.5 Å². The molecular formula is C36H39N3O4S2. The molecule has 1 aromatic heterocycles. The Balaban J connectivity index is 0.947. The molecule has 3 atom stereocenters. The summed E-state index contributed by atoms with van der Waals surface area (Å²) in [5.74, 6) is 3.11. The Morgan fingerprint density at radius 2 is 1.58 bits per heavy atom. The van der Waals surface area contributed by atoms with Crippen LogP contribution in [-0.2, 0) is 16.1 Å². The molecule has 9 heteroatoms. The maximum atomic E-state index is 13.1. The molecular weight excluding hydrogens is 603 g/mol. The normalized spacial score (nSPS) is 30.4. The Bertz CT molecular complexity index is 1590. The van der Waals surface area contributed by atoms with Gasteiger partial charge in [-0.3, -0.25) is 0 Å². The van der Waals surface area contributed by atoms with Crippen molar-refractivity contribution in [2.45, 2.75) is 79.9 Å². The number of nitrogens with zero attached hydrogens (tertiary/aromatic N) is 1. The van der Waals surface area contributed by atoms with E-state index < -0.39 is 6.29 Å². The highest BCUT2D eigenvalue weighted by Gasteiger charge is 2.51. The van der Waals surface area contributed by atoms with Gasteiger partial charge in [0.15, 0.2) is 10.6 Å². The van der Waals surface area contributed by atoms with Gasteiger partial charge in [-0.2, -0.15) is 0 Å². The molecule has 0 spiro atoms. The molecule has 0 unspecified atom stereocenters. The highest BCUT2D eigenvalue weighted by atomic mass is 32.2. The van der Waals surface area contributed by atoms with Crippen molar-refractivity contribution in [1.82, 2.24) is 10.3 Å². The first-order valence-corrected chi connectivity index (χ1v) is 18.0. The molecule has 9 rings (SSSR count). The van der Waals surface area contributed by atoms with Crippen molar-refractivity contribution in [3.8, 4) is 0 Å². The molecule has 3 N–H and O–H groups in total. The van der Waals surface area contributed by atoms with E-state index >= 15 is 0 Å². The van der Waals surface area contributed by atoms with Crippen LogP contribution in [0.15, 0.2) is 77.1 Å². The summed E-state index contributed by atoms with van der Waals surface area (Å²) in [4.78, 5) is 17.9. The predicted molar refractivity (Wildman–Crippen MR) is 178 cm³/mol. The lowest BCUT2D eigenvalue weighted by Crippen LogP contribution is -2.60. The Hall–Kier alpha value is -2.95. The molecule has 4 aliphatic carbocycles. The number of anilines is 1. The van der Waals surface area contributed by atoms with Gasteiger partial charge in [0.05, 0.1) is 29.0 Å². The molecule has 2 amide bonds. The number of hydrogen-bond acceptors (Lipinski definition) is 7. The molecule has 2 heterocycles. The SMILES string of the molecule is O=C(Nc1ccc([C@H]2O[C@@H](CSc3nc4ccccc4s3)C[C@@H](c3ccc(CO)cc3)O2)cc1)NC12CC3CC(CC(C3)C1)C2. The molecule has 4 bridgehead atoms. The monoisotopic (exact) mass is 641 g/mol. The summed E-state index contributed by atoms with van der Waals surface area (Å²) in [6, 6.07) is 23.9. The number of thioether (sulfide) groups is 1. The van der Waals surface area contributed by atoms with E-state index in [1.165, 1.54) is 24.0 Å². The quantitative estimate of drug-likeness (QED) is 0.168. The third-order valence-corrected chi connectivity index (χ3v) is 12.5. The fraction of sp³-hybridized carbons (Fsp3) is 0.444. The summed E-state index contributed by atoms with van der Waals surface area (Å²) in [5, 5.41) is 16.0. The van der Waals surface area contributed by atoms with Gasteiger partial charge in [0.2, 0.25) is 0 Å². The van der Waals surface area contributed by atoms with Crippen LogP contribution in [-0.4, -0.2) is 33.5 Å². The minimum atomic E-state index is -0.544. The lowest BCUT2D eigenvalue weighted by atomic mass is 9.53. The number of amides is 2. The molecule has 0 radical (unpaired) electrons. The zero-order valence-electron chi connectivity index (χ0n) is 25.2. The Labute approximate surface area is 272 Å². The zero-order valence-corrected chi connectivity index (χ0v) is 26.8. The van der Waals surface area contributed by atoms with Gasteiger partial charge in [0, 0.05) is 29.0 Å². The third kappa shape index (κ3) is 6.38. The van der Waals surface area contributed by atoms with E-state index in [9.17, 15) is 9.90 Å². The number of fused-ring (bicyclic) bond motifs is 1. The number of aromatic nitrogens is 1. The summed E-state index contributed by atoms with van der Waals surface area (Å²) < 4.78 is 15.3. The second-order valence-corrected chi connectivity index (χ2v) is 15.8. The summed E-state index contributed by atoms with van der Waals surface area (Å²) in [6.45, 7) is 0.0138. The van der Waals surface area contributed by atoms with Crippen LogP contribution in [0.2, 0.25) is 0 Å². The van der Waals surface area contributed by atoms with E-state index in [2.05, 4.69) is 16.7 Å². The highest BCUT2D eigenvalue weighted by molar-refractivity contribution is 8.01. The minimum absolute atomic E-state index is 0.0138.